The van der Waals surface area contributed by atoms with Gasteiger partial charge in [-0.15, -0.1) is 0 Å². The summed E-state index contributed by atoms with van der Waals surface area (Å²) < 4.78 is 0.780. The highest BCUT2D eigenvalue weighted by Crippen LogP contribution is 2.25. The van der Waals surface area contributed by atoms with Gasteiger partial charge in [0.25, 0.3) is 17.7 Å². The highest BCUT2D eigenvalue weighted by molar-refractivity contribution is 9.10. The summed E-state index contributed by atoms with van der Waals surface area (Å²) in [4.78, 5) is 52.0. The Hall–Kier alpha value is -4.62. The number of allylic oxidation sites excluding steroid dienone is 1. The maximum Gasteiger partial charge on any atom is 0.261 e. The van der Waals surface area contributed by atoms with E-state index >= 15 is 0 Å². The van der Waals surface area contributed by atoms with Gasteiger partial charge >= 0.3 is 0 Å². The van der Waals surface area contributed by atoms with Gasteiger partial charge in [0.1, 0.15) is 0 Å². The predicted octanol–water partition coefficient (Wildman–Crippen LogP) is 6.44. The SMILES string of the molecule is O=C(/C=C/c1ccccc1)c1ccc(NC(=O)c2ccc(Br)c(CCN3C(=O)c4ccccc4C3=O)c2)cc1. The number of nitrogens with zero attached hydrogens (tertiary/aromatic N) is 1. The van der Waals surface area contributed by atoms with E-state index in [0.717, 1.165) is 15.6 Å². The topological polar surface area (TPSA) is 83.6 Å². The van der Waals surface area contributed by atoms with Crippen LogP contribution in [0.1, 0.15) is 52.6 Å². The molecular formula is C32H23BrN2O4. The first-order chi connectivity index (χ1) is 18.9. The monoisotopic (exact) mass is 578 g/mol. The van der Waals surface area contributed by atoms with Crippen molar-refractivity contribution in [2.45, 2.75) is 6.42 Å². The third-order valence-corrected chi connectivity index (χ3v) is 7.22. The Morgan fingerprint density at radius 1 is 0.769 bits per heavy atom. The minimum atomic E-state index is -0.312. The number of anilines is 1. The summed E-state index contributed by atoms with van der Waals surface area (Å²) in [5.74, 6) is -1.06. The van der Waals surface area contributed by atoms with Crippen LogP contribution in [0.5, 0.6) is 0 Å². The van der Waals surface area contributed by atoms with E-state index in [4.69, 9.17) is 0 Å². The minimum absolute atomic E-state index is 0.132. The van der Waals surface area contributed by atoms with Crippen molar-refractivity contribution < 1.29 is 19.2 Å². The summed E-state index contributed by atoms with van der Waals surface area (Å²) in [6.07, 6.45) is 3.67. The second kappa shape index (κ2) is 11.4. The Kier molecular flexibility index (Phi) is 7.61. The van der Waals surface area contributed by atoms with Crippen LogP contribution in [-0.4, -0.2) is 34.9 Å². The molecule has 0 atom stereocenters. The molecule has 4 aromatic carbocycles. The fourth-order valence-electron chi connectivity index (χ4n) is 4.34. The third kappa shape index (κ3) is 5.78. The van der Waals surface area contributed by atoms with Crippen LogP contribution in [0.15, 0.2) is 108 Å². The molecule has 0 unspecified atom stereocenters. The summed E-state index contributed by atoms with van der Waals surface area (Å²) in [6.45, 7) is 0.199. The maximum atomic E-state index is 12.9. The molecular weight excluding hydrogens is 556 g/mol. The largest absolute Gasteiger partial charge is 0.322 e. The average molecular weight is 579 g/mol. The molecule has 1 N–H and O–H groups in total. The van der Waals surface area contributed by atoms with E-state index < -0.39 is 0 Å². The Morgan fingerprint density at radius 3 is 2.05 bits per heavy atom. The quantitative estimate of drug-likeness (QED) is 0.148. The Morgan fingerprint density at radius 2 is 1.38 bits per heavy atom. The van der Waals surface area contributed by atoms with Crippen LogP contribution < -0.4 is 5.32 Å². The molecule has 1 aliphatic rings. The molecule has 0 saturated carbocycles. The number of ketones is 1. The lowest BCUT2D eigenvalue weighted by molar-refractivity contribution is 0.0655. The minimum Gasteiger partial charge on any atom is -0.322 e. The Balaban J connectivity index is 1.22. The highest BCUT2D eigenvalue weighted by Gasteiger charge is 2.34. The summed E-state index contributed by atoms with van der Waals surface area (Å²) in [5, 5.41) is 2.85. The zero-order chi connectivity index (χ0) is 27.4. The van der Waals surface area contributed by atoms with E-state index in [-0.39, 0.29) is 30.0 Å². The number of rotatable bonds is 8. The highest BCUT2D eigenvalue weighted by atomic mass is 79.9. The molecule has 1 aliphatic heterocycles. The van der Waals surface area contributed by atoms with Gasteiger partial charge in [0.15, 0.2) is 5.78 Å². The van der Waals surface area contributed by atoms with Gasteiger partial charge < -0.3 is 5.32 Å². The second-order valence-corrected chi connectivity index (χ2v) is 9.86. The molecule has 0 radical (unpaired) electrons. The van der Waals surface area contributed by atoms with Crippen LogP contribution >= 0.6 is 15.9 Å². The Labute approximate surface area is 234 Å². The van der Waals surface area contributed by atoms with Crippen molar-refractivity contribution in [2.24, 2.45) is 0 Å². The van der Waals surface area contributed by atoms with Crippen LogP contribution in [0.2, 0.25) is 0 Å². The summed E-state index contributed by atoms with van der Waals surface area (Å²) in [6, 6.07) is 28.3. The van der Waals surface area contributed by atoms with Crippen LogP contribution in [0.4, 0.5) is 5.69 Å². The zero-order valence-corrected chi connectivity index (χ0v) is 22.4. The van der Waals surface area contributed by atoms with E-state index in [2.05, 4.69) is 21.2 Å². The second-order valence-electron chi connectivity index (χ2n) is 9.00. The molecule has 1 heterocycles. The molecule has 5 rings (SSSR count). The molecule has 4 aromatic rings. The van der Waals surface area contributed by atoms with Gasteiger partial charge in [0.05, 0.1) is 11.1 Å². The molecule has 0 saturated heterocycles. The molecule has 0 fully saturated rings. The van der Waals surface area contributed by atoms with Crippen molar-refractivity contribution >= 4 is 51.2 Å². The lowest BCUT2D eigenvalue weighted by Crippen LogP contribution is -2.31. The van der Waals surface area contributed by atoms with Crippen molar-refractivity contribution in [3.8, 4) is 0 Å². The fraction of sp³-hybridized carbons (Fsp3) is 0.0625. The fourth-order valence-corrected chi connectivity index (χ4v) is 4.78. The van der Waals surface area contributed by atoms with Gasteiger partial charge in [-0.3, -0.25) is 24.1 Å². The summed E-state index contributed by atoms with van der Waals surface area (Å²) >= 11 is 3.51. The van der Waals surface area contributed by atoms with Crippen LogP contribution in [0.3, 0.4) is 0 Å². The first kappa shape index (κ1) is 26.0. The van der Waals surface area contributed by atoms with E-state index in [0.29, 0.717) is 34.4 Å². The summed E-state index contributed by atoms with van der Waals surface area (Å²) in [5.41, 5.74) is 4.06. The van der Waals surface area contributed by atoms with Gasteiger partial charge in [0.2, 0.25) is 0 Å². The van der Waals surface area contributed by atoms with Crippen LogP contribution in [0.25, 0.3) is 6.08 Å². The van der Waals surface area contributed by atoms with Crippen LogP contribution in [-0.2, 0) is 6.42 Å². The third-order valence-electron chi connectivity index (χ3n) is 6.44. The van der Waals surface area contributed by atoms with Gasteiger partial charge in [-0.2, -0.15) is 0 Å². The number of nitrogens with one attached hydrogen (secondary N) is 1. The normalized spacial score (nSPS) is 12.6. The number of halogens is 1. The first-order valence-corrected chi connectivity index (χ1v) is 13.1. The first-order valence-electron chi connectivity index (χ1n) is 12.3. The smallest absolute Gasteiger partial charge is 0.261 e. The molecule has 0 aliphatic carbocycles. The van der Waals surface area contributed by atoms with E-state index in [1.54, 1.807) is 72.8 Å². The van der Waals surface area contributed by atoms with Crippen molar-refractivity contribution in [3.63, 3.8) is 0 Å². The zero-order valence-electron chi connectivity index (χ0n) is 20.8. The van der Waals surface area contributed by atoms with Crippen LogP contribution in [0, 0.1) is 0 Å². The number of hydrogen-bond donors (Lipinski definition) is 1. The number of benzene rings is 4. The Bertz CT molecular complexity index is 1580. The maximum absolute atomic E-state index is 12.9. The molecule has 0 spiro atoms. The average Bonchev–Trinajstić information content (AvgIpc) is 3.21. The lowest BCUT2D eigenvalue weighted by Gasteiger charge is -2.15. The molecule has 0 aromatic heterocycles. The van der Waals surface area contributed by atoms with E-state index in [1.165, 1.54) is 11.0 Å². The number of hydrogen-bond acceptors (Lipinski definition) is 4. The number of imide groups is 1. The molecule has 6 nitrogen and oxygen atoms in total. The predicted molar refractivity (Wildman–Crippen MR) is 154 cm³/mol. The number of fused-ring (bicyclic) bond motifs is 1. The van der Waals surface area contributed by atoms with Crippen molar-refractivity contribution in [2.75, 3.05) is 11.9 Å². The van der Waals surface area contributed by atoms with Crippen molar-refractivity contribution in [1.82, 2.24) is 4.90 Å². The molecule has 7 heteroatoms. The van der Waals surface area contributed by atoms with Gasteiger partial charge in [-0.1, -0.05) is 64.5 Å². The molecule has 39 heavy (non-hydrogen) atoms. The number of amides is 3. The van der Waals surface area contributed by atoms with Gasteiger partial charge in [-0.25, -0.2) is 0 Å². The van der Waals surface area contributed by atoms with E-state index in [9.17, 15) is 19.2 Å². The summed E-state index contributed by atoms with van der Waals surface area (Å²) in [7, 11) is 0. The number of carbonyl (C=O) groups excluding carboxylic acids is 4. The standard InChI is InChI=1S/C32H23BrN2O4/c33-28-16-13-24(20-23(28)18-19-35-31(38)26-8-4-5-9-27(26)32(35)39)30(37)34-25-14-11-22(12-15-25)29(36)17-10-21-6-2-1-3-7-21/h1-17,20H,18-19H2,(H,34,37)/b17-10+. The lowest BCUT2D eigenvalue weighted by atomic mass is 10.1. The van der Waals surface area contributed by atoms with Gasteiger partial charge in [0, 0.05) is 27.8 Å². The molecule has 192 valence electrons. The number of carbonyl (C=O) groups is 4. The molecule has 3 amide bonds. The van der Waals surface area contributed by atoms with Crippen molar-refractivity contribution in [3.05, 3.63) is 141 Å². The van der Waals surface area contributed by atoms with Gasteiger partial charge in [-0.05, 0) is 78.2 Å². The van der Waals surface area contributed by atoms with Crippen molar-refractivity contribution in [1.29, 1.82) is 0 Å². The molecule has 0 bridgehead atoms. The van der Waals surface area contributed by atoms with E-state index in [1.807, 2.05) is 30.3 Å².